The zero-order chi connectivity index (χ0) is 18.3. The molecule has 0 aliphatic rings. The molecule has 0 aromatic carbocycles. The topological polar surface area (TPSA) is 0 Å². The lowest BCUT2D eigenvalue weighted by atomic mass is 9.08. The first-order valence-electron chi connectivity index (χ1n) is 6.50. The van der Waals surface area contributed by atoms with E-state index in [-0.39, 0.29) is 26.1 Å². The molecule has 0 unspecified atom stereocenters. The minimum Gasteiger partial charge on any atom is -0.106 e. The normalized spacial score (nSPS) is 5.43. The molecule has 0 spiro atoms. The van der Waals surface area contributed by atoms with Gasteiger partial charge in [-0.3, -0.25) is 0 Å². The van der Waals surface area contributed by atoms with Crippen molar-refractivity contribution in [1.82, 2.24) is 0 Å². The Hall–Kier alpha value is 0.389. The van der Waals surface area contributed by atoms with Gasteiger partial charge in [0.2, 0.25) is 0 Å². The summed E-state index contributed by atoms with van der Waals surface area (Å²) in [5.74, 6) is 0. The van der Waals surface area contributed by atoms with Crippen LogP contribution in [0, 0.1) is 0 Å². The van der Waals surface area contributed by atoms with E-state index in [0.29, 0.717) is 0 Å². The number of hydrogen-bond acceptors (Lipinski definition) is 0. The Labute approximate surface area is 120 Å². The van der Waals surface area contributed by atoms with Crippen LogP contribution in [0.15, 0.2) is 13.2 Å². The van der Waals surface area contributed by atoms with Gasteiger partial charge in [0.25, 0.3) is 0 Å². The first-order chi connectivity index (χ1) is 9.15. The molecule has 0 N–H and O–H groups in total. The van der Waals surface area contributed by atoms with Gasteiger partial charge in [0.05, 0.1) is 0 Å². The number of rotatable bonds is 0. The molecule has 10 heteroatoms. The highest BCUT2D eigenvalue weighted by Gasteiger charge is 1.73. The molecule has 0 saturated carbocycles. The minimum absolute atomic E-state index is 0. The van der Waals surface area contributed by atoms with Crippen LogP contribution in [0.25, 0.3) is 0 Å². The standard InChI is InChI=1S/C2H4.2CH4.B4.B3.B2.B.6H2/c1-2;;;1-4(2)3;1-3-2;1-2;;;;;;;/h1-2H2;2*1H4;;;;;6*1H/i;;;;;;;4*1+1D;2*1+1. The van der Waals surface area contributed by atoms with Crippen molar-refractivity contribution in [3.63, 3.8) is 0 Å². The van der Waals surface area contributed by atoms with Crippen molar-refractivity contribution in [3.8, 4) is 0 Å². The average molecular weight is 190 g/mol. The average Bonchev–Trinajstić information content (AvgIpc) is 2.51. The molecule has 0 bridgehead atoms. The first kappa shape index (κ1) is 19.9. The molecule has 0 nitrogen and oxygen atoms in total. The molecule has 0 heterocycles. The Bertz CT molecular complexity index is 54.1. The second kappa shape index (κ2) is 107. The fourth-order valence-electron chi connectivity index (χ4n) is 0. The summed E-state index contributed by atoms with van der Waals surface area (Å²) in [6, 6.07) is 0. The molecule has 18 radical (unpaired) electrons. The zero-order valence-electron chi connectivity index (χ0n) is 15.2. The Balaban J connectivity index is -0.00000000518. The Morgan fingerprint density at radius 3 is 1.00 bits per heavy atom. The molecule has 0 rings (SSSR count). The summed E-state index contributed by atoms with van der Waals surface area (Å²) in [6.07, 6.45) is -0.667. The molecule has 14 heavy (non-hydrogen) atoms. The molecule has 0 saturated heterocycles. The first-order valence-corrected chi connectivity index (χ1v) is 2.50. The molecule has 0 aromatic heterocycles. The second-order valence-electron chi connectivity index (χ2n) is 0.770. The molecule has 0 aromatic rings. The van der Waals surface area contributed by atoms with Gasteiger partial charge in [0, 0.05) is 90.8 Å². The van der Waals surface area contributed by atoms with Crippen molar-refractivity contribution in [1.29, 1.82) is 0 Å². The van der Waals surface area contributed by atoms with Crippen LogP contribution in [0.3, 0.4) is 0 Å². The van der Waals surface area contributed by atoms with E-state index in [4.69, 9.17) is 11.9 Å². The van der Waals surface area contributed by atoms with Crippen LogP contribution in [0.2, 0.25) is 0 Å². The van der Waals surface area contributed by atoms with E-state index >= 15 is 0 Å². The van der Waals surface area contributed by atoms with Gasteiger partial charge in [-0.1, -0.05) is 14.9 Å². The summed E-state index contributed by atoms with van der Waals surface area (Å²) in [6.45, 7) is 6.00. The fraction of sp³-hybridized carbons (Fsp3) is 0.500. The van der Waals surface area contributed by atoms with Crippen LogP contribution in [0.4, 0.5) is 0 Å². The summed E-state index contributed by atoms with van der Waals surface area (Å²) in [4.78, 5) is 0. The molecule has 0 fully saturated rings. The number of hydrogen-bond donors (Lipinski definition) is 0. The third-order valence-corrected chi connectivity index (χ3v) is 0. The fourth-order valence-corrected chi connectivity index (χ4v) is 0. The van der Waals surface area contributed by atoms with Crippen LogP contribution in [-0.2, 0) is 0 Å². The van der Waals surface area contributed by atoms with Crippen molar-refractivity contribution < 1.29 is 14.7 Å². The lowest BCUT2D eigenvalue weighted by molar-refractivity contribution is 2.50. The lowest BCUT2D eigenvalue weighted by Gasteiger charge is -1.73. The Morgan fingerprint density at radius 1 is 1.00 bits per heavy atom. The molecule has 70 valence electrons. The predicted molar refractivity (Wildman–Crippen MR) is 94.9 cm³/mol. The van der Waals surface area contributed by atoms with Crippen LogP contribution < -0.4 is 0 Å². The maximum Gasteiger partial charge on any atom is 0 e. The second-order valence-corrected chi connectivity index (χ2v) is 0.770. The quantitative estimate of drug-likeness (QED) is 0.365. The summed E-state index contributed by atoms with van der Waals surface area (Å²) in [7, 11) is 32.0. The van der Waals surface area contributed by atoms with Crippen molar-refractivity contribution >= 4 is 76.0 Å². The summed E-state index contributed by atoms with van der Waals surface area (Å²) in [5, 5.41) is 0. The predicted octanol–water partition coefficient (Wildman–Crippen LogP) is -0.258. The zero-order valence-corrected chi connectivity index (χ0v) is 7.19. The van der Waals surface area contributed by atoms with Crippen molar-refractivity contribution in [2.45, 2.75) is 14.9 Å². The molecule has 0 atom stereocenters. The van der Waals surface area contributed by atoms with E-state index in [9.17, 15) is 0 Å². The monoisotopic (exact) mass is 192 g/mol. The lowest BCUT2D eigenvalue weighted by Crippen LogP contribution is -2.11. The highest BCUT2D eigenvalue weighted by molar-refractivity contribution is 7.49. The highest BCUT2D eigenvalue weighted by atomic mass is 12.7. The summed E-state index contributed by atoms with van der Waals surface area (Å²) in [5.41, 5.74) is 0. The van der Waals surface area contributed by atoms with Crippen LogP contribution in [-0.4, -0.2) is 76.0 Å². The van der Waals surface area contributed by atoms with E-state index in [2.05, 4.69) is 67.3 Å². The third kappa shape index (κ3) is 10600. The van der Waals surface area contributed by atoms with E-state index in [1.807, 2.05) is 0 Å². The summed E-state index contributed by atoms with van der Waals surface area (Å²) >= 11 is 0. The van der Waals surface area contributed by atoms with Gasteiger partial charge in [-0.2, -0.15) is 0 Å². The minimum atomic E-state index is -0.667. The van der Waals surface area contributed by atoms with Crippen LogP contribution >= 0.6 is 0 Å². The van der Waals surface area contributed by atoms with Gasteiger partial charge < -0.3 is 0 Å². The maximum atomic E-state index is 5.00. The highest BCUT2D eigenvalue weighted by Crippen LogP contribution is 1.35. The smallest absolute Gasteiger partial charge is 0 e. The van der Waals surface area contributed by atoms with Gasteiger partial charge in [0.1, 0.15) is 0 Å². The Morgan fingerprint density at radius 2 is 1.00 bits per heavy atom. The molecular formula is C4H24B10. The van der Waals surface area contributed by atoms with E-state index in [0.717, 1.165) is 7.06 Å². The van der Waals surface area contributed by atoms with Gasteiger partial charge in [0.15, 0.2) is 0 Å². The van der Waals surface area contributed by atoms with E-state index in [1.54, 1.807) is 0 Å². The molecule has 0 amide bonds. The SMILES string of the molecule is C.C.C=C.[2HH].[2HH].[2H][2H].[2H][2H].[2H][2H].[2H][2H].[B].[B]B([B])[B].[B][B].[B][B][B]. The third-order valence-electron chi connectivity index (χ3n) is 0. The largest absolute Gasteiger partial charge is 0.106 e. The molecular weight excluding hydrogens is 156 g/mol. The Kier molecular flexibility index (Phi) is 152. The van der Waals surface area contributed by atoms with Crippen LogP contribution in [0.1, 0.15) is 29.6 Å². The van der Waals surface area contributed by atoms with Crippen molar-refractivity contribution in [2.24, 2.45) is 0 Å². The maximum absolute atomic E-state index is 5.00. The van der Waals surface area contributed by atoms with E-state index < -0.39 is 6.39 Å². The van der Waals surface area contributed by atoms with Crippen molar-refractivity contribution in [2.75, 3.05) is 0 Å². The van der Waals surface area contributed by atoms with Gasteiger partial charge in [-0.15, -0.1) is 13.2 Å². The van der Waals surface area contributed by atoms with Crippen LogP contribution in [0.5, 0.6) is 0 Å². The van der Waals surface area contributed by atoms with Crippen molar-refractivity contribution in [3.05, 3.63) is 13.2 Å². The van der Waals surface area contributed by atoms with Gasteiger partial charge in [-0.25, -0.2) is 0 Å². The molecule has 0 aliphatic heterocycles. The summed E-state index contributed by atoms with van der Waals surface area (Å²) < 4.78 is 40.0. The molecule has 0 aliphatic carbocycles. The van der Waals surface area contributed by atoms with E-state index in [1.165, 1.54) is 0 Å². The van der Waals surface area contributed by atoms with Gasteiger partial charge in [-0.05, 0) is 0 Å². The van der Waals surface area contributed by atoms with Gasteiger partial charge >= 0.3 is 0 Å².